The average molecular weight is 310 g/mol. The first-order valence-electron chi connectivity index (χ1n) is 6.96. The van der Waals surface area contributed by atoms with Gasteiger partial charge in [-0.3, -0.25) is 0 Å². The predicted octanol–water partition coefficient (Wildman–Crippen LogP) is 4.70. The summed E-state index contributed by atoms with van der Waals surface area (Å²) in [7, 11) is 0. The normalized spacial score (nSPS) is 31.9. The van der Waals surface area contributed by atoms with Crippen LogP contribution in [0, 0.1) is 17.8 Å². The van der Waals surface area contributed by atoms with Crippen LogP contribution in [0.25, 0.3) is 0 Å². The van der Waals surface area contributed by atoms with Gasteiger partial charge in [0.25, 0.3) is 0 Å². The van der Waals surface area contributed by atoms with Crippen LogP contribution in [-0.2, 0) is 5.54 Å². The molecule has 1 aromatic rings. The summed E-state index contributed by atoms with van der Waals surface area (Å²) in [6, 6.07) is 8.39. The summed E-state index contributed by atoms with van der Waals surface area (Å²) in [6.45, 7) is 6.93. The van der Waals surface area contributed by atoms with Gasteiger partial charge in [0.05, 0.1) is 0 Å². The first-order valence-corrected chi connectivity index (χ1v) is 7.76. The quantitative estimate of drug-likeness (QED) is 0.842. The Morgan fingerprint density at radius 2 is 1.83 bits per heavy atom. The van der Waals surface area contributed by atoms with Gasteiger partial charge < -0.3 is 5.73 Å². The fraction of sp³-hybridized carbons (Fsp3) is 0.625. The first kappa shape index (κ1) is 14.1. The molecule has 100 valence electrons. The lowest BCUT2D eigenvalue weighted by Crippen LogP contribution is -2.44. The van der Waals surface area contributed by atoms with Crippen LogP contribution >= 0.6 is 15.9 Å². The van der Waals surface area contributed by atoms with Crippen molar-refractivity contribution in [1.29, 1.82) is 0 Å². The van der Waals surface area contributed by atoms with Crippen LogP contribution < -0.4 is 5.73 Å². The Morgan fingerprint density at radius 1 is 1.17 bits per heavy atom. The van der Waals surface area contributed by atoms with Crippen LogP contribution in [0.2, 0.25) is 0 Å². The van der Waals surface area contributed by atoms with Gasteiger partial charge >= 0.3 is 0 Å². The molecule has 0 radical (unpaired) electrons. The summed E-state index contributed by atoms with van der Waals surface area (Å²) in [6.07, 6.45) is 3.80. The SMILES string of the molecule is CC1CCC(C(C)(N)c2ccccc2Br)CC1C. The fourth-order valence-electron chi connectivity index (χ4n) is 3.21. The van der Waals surface area contributed by atoms with Crippen molar-refractivity contribution in [2.75, 3.05) is 0 Å². The lowest BCUT2D eigenvalue weighted by Gasteiger charge is -2.42. The van der Waals surface area contributed by atoms with Crippen LogP contribution in [0.1, 0.15) is 45.6 Å². The predicted molar refractivity (Wildman–Crippen MR) is 81.4 cm³/mol. The third-order valence-electron chi connectivity index (χ3n) is 4.90. The summed E-state index contributed by atoms with van der Waals surface area (Å²) < 4.78 is 1.14. The van der Waals surface area contributed by atoms with Crippen LogP contribution in [0.4, 0.5) is 0 Å². The molecular formula is C16H24BrN. The highest BCUT2D eigenvalue weighted by Gasteiger charge is 2.37. The maximum atomic E-state index is 6.69. The minimum Gasteiger partial charge on any atom is -0.321 e. The molecule has 2 heteroatoms. The van der Waals surface area contributed by atoms with Crippen molar-refractivity contribution in [3.63, 3.8) is 0 Å². The van der Waals surface area contributed by atoms with Gasteiger partial charge in [0.15, 0.2) is 0 Å². The molecule has 0 heterocycles. The van der Waals surface area contributed by atoms with Gasteiger partial charge in [-0.25, -0.2) is 0 Å². The summed E-state index contributed by atoms with van der Waals surface area (Å²) in [5, 5.41) is 0. The van der Waals surface area contributed by atoms with Crippen LogP contribution in [-0.4, -0.2) is 0 Å². The Bertz CT molecular complexity index is 413. The zero-order valence-electron chi connectivity index (χ0n) is 11.6. The Morgan fingerprint density at radius 3 is 2.44 bits per heavy atom. The van der Waals surface area contributed by atoms with E-state index in [4.69, 9.17) is 5.73 Å². The molecule has 0 amide bonds. The van der Waals surface area contributed by atoms with Gasteiger partial charge in [0.1, 0.15) is 0 Å². The minimum absolute atomic E-state index is 0.228. The number of nitrogens with two attached hydrogens (primary N) is 1. The second-order valence-electron chi connectivity index (χ2n) is 6.23. The fourth-order valence-corrected chi connectivity index (χ4v) is 3.92. The lowest BCUT2D eigenvalue weighted by atomic mass is 9.67. The van der Waals surface area contributed by atoms with Crippen molar-refractivity contribution in [1.82, 2.24) is 0 Å². The average Bonchev–Trinajstić information content (AvgIpc) is 2.33. The highest BCUT2D eigenvalue weighted by Crippen LogP contribution is 2.43. The second-order valence-corrected chi connectivity index (χ2v) is 7.08. The number of hydrogen-bond donors (Lipinski definition) is 1. The monoisotopic (exact) mass is 309 g/mol. The molecule has 0 aliphatic heterocycles. The number of benzene rings is 1. The van der Waals surface area contributed by atoms with E-state index in [0.29, 0.717) is 5.92 Å². The molecule has 1 saturated carbocycles. The zero-order valence-corrected chi connectivity index (χ0v) is 13.2. The van der Waals surface area contributed by atoms with E-state index in [-0.39, 0.29) is 5.54 Å². The molecule has 2 N–H and O–H groups in total. The third kappa shape index (κ3) is 2.65. The van der Waals surface area contributed by atoms with E-state index in [1.54, 1.807) is 0 Å². The molecule has 0 spiro atoms. The van der Waals surface area contributed by atoms with E-state index in [1.807, 2.05) is 0 Å². The van der Waals surface area contributed by atoms with Crippen molar-refractivity contribution in [3.8, 4) is 0 Å². The van der Waals surface area contributed by atoms with E-state index in [9.17, 15) is 0 Å². The first-order chi connectivity index (χ1) is 8.43. The maximum Gasteiger partial charge on any atom is 0.0420 e. The highest BCUT2D eigenvalue weighted by atomic mass is 79.9. The van der Waals surface area contributed by atoms with E-state index in [2.05, 4.69) is 61.0 Å². The molecule has 0 saturated heterocycles. The Hall–Kier alpha value is -0.340. The van der Waals surface area contributed by atoms with Crippen LogP contribution in [0.3, 0.4) is 0 Å². The summed E-state index contributed by atoms with van der Waals surface area (Å²) in [5.41, 5.74) is 7.71. The van der Waals surface area contributed by atoms with Gasteiger partial charge in [0.2, 0.25) is 0 Å². The summed E-state index contributed by atoms with van der Waals surface area (Å²) in [4.78, 5) is 0. The topological polar surface area (TPSA) is 26.0 Å². The van der Waals surface area contributed by atoms with E-state index in [1.165, 1.54) is 24.8 Å². The van der Waals surface area contributed by atoms with Crippen molar-refractivity contribution < 1.29 is 0 Å². The van der Waals surface area contributed by atoms with Gasteiger partial charge in [-0.2, -0.15) is 0 Å². The molecule has 1 aromatic carbocycles. The van der Waals surface area contributed by atoms with Gasteiger partial charge in [-0.05, 0) is 49.1 Å². The maximum absolute atomic E-state index is 6.69. The van der Waals surface area contributed by atoms with Gasteiger partial charge in [-0.15, -0.1) is 0 Å². The standard InChI is InChI=1S/C16H24BrN/c1-11-8-9-13(10-12(11)2)16(3,18)14-6-4-5-7-15(14)17/h4-7,11-13H,8-10,18H2,1-3H3. The van der Waals surface area contributed by atoms with Crippen LogP contribution in [0.15, 0.2) is 28.7 Å². The molecule has 4 atom stereocenters. The number of rotatable bonds is 2. The van der Waals surface area contributed by atoms with Crippen LogP contribution in [0.5, 0.6) is 0 Å². The molecule has 2 rings (SSSR count). The number of hydrogen-bond acceptors (Lipinski definition) is 1. The second kappa shape index (κ2) is 5.34. The number of halogens is 1. The molecule has 4 unspecified atom stereocenters. The lowest BCUT2D eigenvalue weighted by molar-refractivity contribution is 0.142. The summed E-state index contributed by atoms with van der Waals surface area (Å²) in [5.74, 6) is 2.22. The van der Waals surface area contributed by atoms with Gasteiger partial charge in [0, 0.05) is 10.0 Å². The molecule has 1 nitrogen and oxygen atoms in total. The van der Waals surface area contributed by atoms with Crippen molar-refractivity contribution in [3.05, 3.63) is 34.3 Å². The third-order valence-corrected chi connectivity index (χ3v) is 5.59. The van der Waals surface area contributed by atoms with Crippen molar-refractivity contribution in [2.24, 2.45) is 23.5 Å². The van der Waals surface area contributed by atoms with E-state index < -0.39 is 0 Å². The van der Waals surface area contributed by atoms with E-state index in [0.717, 1.165) is 16.3 Å². The van der Waals surface area contributed by atoms with Crippen molar-refractivity contribution in [2.45, 2.75) is 45.6 Å². The van der Waals surface area contributed by atoms with Gasteiger partial charge in [-0.1, -0.05) is 54.4 Å². The molecule has 0 aromatic heterocycles. The molecule has 1 aliphatic carbocycles. The van der Waals surface area contributed by atoms with Crippen molar-refractivity contribution >= 4 is 15.9 Å². The Labute approximate surface area is 119 Å². The largest absolute Gasteiger partial charge is 0.321 e. The molecule has 1 fully saturated rings. The molecule has 1 aliphatic rings. The Kier molecular flexibility index (Phi) is 4.18. The minimum atomic E-state index is -0.228. The highest BCUT2D eigenvalue weighted by molar-refractivity contribution is 9.10. The smallest absolute Gasteiger partial charge is 0.0420 e. The Balaban J connectivity index is 2.24. The molecule has 18 heavy (non-hydrogen) atoms. The summed E-state index contributed by atoms with van der Waals surface area (Å²) >= 11 is 3.65. The molecule has 0 bridgehead atoms. The molecular weight excluding hydrogens is 286 g/mol. The zero-order chi connectivity index (χ0) is 13.3. The van der Waals surface area contributed by atoms with E-state index >= 15 is 0 Å².